The molecular formula is C18H17BrN4O3. The van der Waals surface area contributed by atoms with Gasteiger partial charge in [0, 0.05) is 25.8 Å². The van der Waals surface area contributed by atoms with Crippen LogP contribution in [0.5, 0.6) is 0 Å². The van der Waals surface area contributed by atoms with Gasteiger partial charge in [0.05, 0.1) is 29.7 Å². The molecule has 3 heterocycles. The summed E-state index contributed by atoms with van der Waals surface area (Å²) in [4.78, 5) is 20.4. The van der Waals surface area contributed by atoms with Crippen molar-refractivity contribution in [1.82, 2.24) is 19.9 Å². The zero-order valence-corrected chi connectivity index (χ0v) is 15.7. The molecule has 7 nitrogen and oxygen atoms in total. The van der Waals surface area contributed by atoms with E-state index in [-0.39, 0.29) is 5.91 Å². The highest BCUT2D eigenvalue weighted by Crippen LogP contribution is 2.27. The average Bonchev–Trinajstić information content (AvgIpc) is 3.29. The summed E-state index contributed by atoms with van der Waals surface area (Å²) < 4.78 is 13.3. The molecule has 4 rings (SSSR count). The normalized spacial score (nSPS) is 11.5. The summed E-state index contributed by atoms with van der Waals surface area (Å²) in [5.41, 5.74) is 3.86. The summed E-state index contributed by atoms with van der Waals surface area (Å²) >= 11 is 3.32. The third-order valence-electron chi connectivity index (χ3n) is 4.17. The van der Waals surface area contributed by atoms with Gasteiger partial charge in [0.2, 0.25) is 0 Å². The van der Waals surface area contributed by atoms with E-state index in [4.69, 9.17) is 9.15 Å². The van der Waals surface area contributed by atoms with Gasteiger partial charge in [0.25, 0.3) is 5.91 Å². The van der Waals surface area contributed by atoms with E-state index in [0.717, 1.165) is 16.6 Å². The van der Waals surface area contributed by atoms with Crippen molar-refractivity contribution < 1.29 is 13.9 Å². The zero-order chi connectivity index (χ0) is 18.1. The number of nitrogens with zero attached hydrogens (tertiary/aromatic N) is 2. The van der Waals surface area contributed by atoms with E-state index >= 15 is 0 Å². The lowest BCUT2D eigenvalue weighted by Crippen LogP contribution is -2.26. The molecule has 4 aromatic rings. The third-order valence-corrected chi connectivity index (χ3v) is 4.56. The first kappa shape index (κ1) is 16.9. The molecule has 8 heteroatoms. The minimum Gasteiger partial charge on any atom is -0.448 e. The number of para-hydroxylation sites is 2. The number of imidazole rings is 1. The molecule has 0 fully saturated rings. The first-order valence-electron chi connectivity index (χ1n) is 8.15. The van der Waals surface area contributed by atoms with Gasteiger partial charge in [-0.3, -0.25) is 4.79 Å². The van der Waals surface area contributed by atoms with Gasteiger partial charge in [0.1, 0.15) is 11.5 Å². The highest BCUT2D eigenvalue weighted by molar-refractivity contribution is 9.10. The van der Waals surface area contributed by atoms with E-state index in [1.807, 2.05) is 34.9 Å². The monoisotopic (exact) mass is 416 g/mol. The van der Waals surface area contributed by atoms with Crippen LogP contribution in [0.25, 0.3) is 22.1 Å². The van der Waals surface area contributed by atoms with Crippen molar-refractivity contribution >= 4 is 44.0 Å². The molecule has 26 heavy (non-hydrogen) atoms. The number of aromatic nitrogens is 3. The molecule has 0 spiro atoms. The summed E-state index contributed by atoms with van der Waals surface area (Å²) in [6.07, 6.45) is 0. The van der Waals surface area contributed by atoms with Crippen LogP contribution >= 0.6 is 15.9 Å². The number of amides is 1. The summed E-state index contributed by atoms with van der Waals surface area (Å²) in [7, 11) is 1.63. The Kier molecular flexibility index (Phi) is 4.52. The molecule has 1 amide bonds. The van der Waals surface area contributed by atoms with Gasteiger partial charge in [-0.05, 0) is 28.1 Å². The molecule has 0 saturated carbocycles. The average molecular weight is 417 g/mol. The SMILES string of the molecule is COCCn1c(C(=O)NCc2nc3ccccc3[nH]2)cc2oc(Br)cc21. The first-order valence-corrected chi connectivity index (χ1v) is 8.94. The third kappa shape index (κ3) is 3.13. The minimum absolute atomic E-state index is 0.191. The number of fused-ring (bicyclic) bond motifs is 2. The molecule has 0 aliphatic rings. The lowest BCUT2D eigenvalue weighted by atomic mass is 10.3. The van der Waals surface area contributed by atoms with E-state index in [2.05, 4.69) is 31.2 Å². The van der Waals surface area contributed by atoms with E-state index < -0.39 is 0 Å². The highest BCUT2D eigenvalue weighted by atomic mass is 79.9. The number of furan rings is 1. The van der Waals surface area contributed by atoms with Crippen molar-refractivity contribution in [2.45, 2.75) is 13.1 Å². The van der Waals surface area contributed by atoms with Crippen LogP contribution in [-0.4, -0.2) is 34.2 Å². The molecule has 0 bridgehead atoms. The van der Waals surface area contributed by atoms with Gasteiger partial charge >= 0.3 is 0 Å². The Bertz CT molecular complexity index is 1050. The maximum absolute atomic E-state index is 12.7. The van der Waals surface area contributed by atoms with Crippen LogP contribution in [0.2, 0.25) is 0 Å². The molecule has 1 aromatic carbocycles. The van der Waals surface area contributed by atoms with Gasteiger partial charge in [-0.2, -0.15) is 0 Å². The van der Waals surface area contributed by atoms with E-state index in [0.29, 0.717) is 41.5 Å². The first-order chi connectivity index (χ1) is 12.7. The number of benzene rings is 1. The maximum atomic E-state index is 12.7. The Morgan fingerprint density at radius 2 is 2.23 bits per heavy atom. The molecule has 134 valence electrons. The summed E-state index contributed by atoms with van der Waals surface area (Å²) in [6, 6.07) is 11.3. The molecular weight excluding hydrogens is 400 g/mol. The number of carbonyl (C=O) groups excluding carboxylic acids is 1. The fourth-order valence-corrected chi connectivity index (χ4v) is 3.36. The Hall–Kier alpha value is -2.58. The van der Waals surface area contributed by atoms with Crippen molar-refractivity contribution in [2.75, 3.05) is 13.7 Å². The smallest absolute Gasteiger partial charge is 0.268 e. The lowest BCUT2D eigenvalue weighted by molar-refractivity contribution is 0.0938. The standard InChI is InChI=1S/C18H17BrN4O3/c1-25-7-6-23-13-9-16(19)26-15(13)8-14(23)18(24)20-10-17-21-11-4-2-3-5-12(11)22-17/h2-5,8-9H,6-7,10H2,1H3,(H,20,24)(H,21,22). The van der Waals surface area contributed by atoms with Gasteiger partial charge in [-0.15, -0.1) is 0 Å². The topological polar surface area (TPSA) is 85.1 Å². The highest BCUT2D eigenvalue weighted by Gasteiger charge is 2.18. The number of hydrogen-bond donors (Lipinski definition) is 2. The number of H-pyrrole nitrogens is 1. The van der Waals surface area contributed by atoms with Crippen LogP contribution < -0.4 is 5.32 Å². The zero-order valence-electron chi connectivity index (χ0n) is 14.1. The molecule has 3 aromatic heterocycles. The number of halogens is 1. The Balaban J connectivity index is 1.56. The van der Waals surface area contributed by atoms with Crippen molar-refractivity contribution in [3.8, 4) is 0 Å². The van der Waals surface area contributed by atoms with E-state index in [1.54, 1.807) is 13.2 Å². The number of carbonyl (C=O) groups is 1. The maximum Gasteiger partial charge on any atom is 0.268 e. The number of nitrogens with one attached hydrogen (secondary N) is 2. The largest absolute Gasteiger partial charge is 0.448 e. The van der Waals surface area contributed by atoms with Gasteiger partial charge < -0.3 is 24.0 Å². The molecule has 0 saturated heterocycles. The van der Waals surface area contributed by atoms with Gasteiger partial charge in [0.15, 0.2) is 10.3 Å². The number of aromatic amines is 1. The Morgan fingerprint density at radius 1 is 1.38 bits per heavy atom. The summed E-state index contributed by atoms with van der Waals surface area (Å²) in [5, 5.41) is 2.91. The fraction of sp³-hybridized carbons (Fsp3) is 0.222. The predicted octanol–water partition coefficient (Wildman–Crippen LogP) is 3.45. The van der Waals surface area contributed by atoms with Crippen LogP contribution in [-0.2, 0) is 17.8 Å². The Labute approximate surface area is 157 Å². The predicted molar refractivity (Wildman–Crippen MR) is 101 cm³/mol. The van der Waals surface area contributed by atoms with E-state index in [1.165, 1.54) is 0 Å². The molecule has 0 aliphatic carbocycles. The molecule has 0 unspecified atom stereocenters. The molecule has 2 N–H and O–H groups in total. The van der Waals surface area contributed by atoms with Crippen molar-refractivity contribution in [1.29, 1.82) is 0 Å². The van der Waals surface area contributed by atoms with Crippen LogP contribution in [0, 0.1) is 0 Å². The van der Waals surface area contributed by atoms with Crippen LogP contribution in [0.1, 0.15) is 16.3 Å². The summed E-state index contributed by atoms with van der Waals surface area (Å²) in [6.45, 7) is 1.36. The molecule has 0 radical (unpaired) electrons. The number of methoxy groups -OCH3 is 1. The second-order valence-corrected chi connectivity index (χ2v) is 6.64. The van der Waals surface area contributed by atoms with E-state index in [9.17, 15) is 4.79 Å². The minimum atomic E-state index is -0.191. The van der Waals surface area contributed by atoms with Crippen molar-refractivity contribution in [3.05, 3.63) is 52.6 Å². The second kappa shape index (κ2) is 6.97. The number of hydrogen-bond acceptors (Lipinski definition) is 4. The Morgan fingerprint density at radius 3 is 3.04 bits per heavy atom. The number of rotatable bonds is 6. The fourth-order valence-electron chi connectivity index (χ4n) is 2.97. The van der Waals surface area contributed by atoms with Crippen LogP contribution in [0.4, 0.5) is 0 Å². The van der Waals surface area contributed by atoms with Crippen molar-refractivity contribution in [3.63, 3.8) is 0 Å². The van der Waals surface area contributed by atoms with Gasteiger partial charge in [-0.1, -0.05) is 12.1 Å². The van der Waals surface area contributed by atoms with Crippen molar-refractivity contribution in [2.24, 2.45) is 0 Å². The quantitative estimate of drug-likeness (QED) is 0.503. The summed E-state index contributed by atoms with van der Waals surface area (Å²) in [5.74, 6) is 0.519. The second-order valence-electron chi connectivity index (χ2n) is 5.86. The van der Waals surface area contributed by atoms with Crippen LogP contribution in [0.3, 0.4) is 0 Å². The van der Waals surface area contributed by atoms with Gasteiger partial charge in [-0.25, -0.2) is 4.98 Å². The number of ether oxygens (including phenoxy) is 1. The molecule has 0 atom stereocenters. The molecule has 0 aliphatic heterocycles. The van der Waals surface area contributed by atoms with Crippen LogP contribution in [0.15, 0.2) is 45.5 Å². The lowest BCUT2D eigenvalue weighted by Gasteiger charge is -2.09.